The second-order valence-corrected chi connectivity index (χ2v) is 6.59. The SMILES string of the molecule is Cc1ccc(C(=O)CN2CCC3CCCCC32)cc1C. The van der Waals surface area contributed by atoms with Crippen molar-refractivity contribution < 1.29 is 4.79 Å². The Labute approximate surface area is 122 Å². The van der Waals surface area contributed by atoms with E-state index in [9.17, 15) is 4.79 Å². The first kappa shape index (κ1) is 13.8. The third-order valence-electron chi connectivity index (χ3n) is 5.30. The quantitative estimate of drug-likeness (QED) is 0.780. The zero-order chi connectivity index (χ0) is 14.1. The summed E-state index contributed by atoms with van der Waals surface area (Å²) in [6.45, 7) is 5.91. The summed E-state index contributed by atoms with van der Waals surface area (Å²) in [5.41, 5.74) is 3.36. The van der Waals surface area contributed by atoms with Crippen LogP contribution in [0.1, 0.15) is 53.6 Å². The van der Waals surface area contributed by atoms with E-state index in [1.807, 2.05) is 12.1 Å². The maximum Gasteiger partial charge on any atom is 0.176 e. The van der Waals surface area contributed by atoms with E-state index >= 15 is 0 Å². The molecule has 0 aromatic heterocycles. The Hall–Kier alpha value is -1.15. The predicted molar refractivity (Wildman–Crippen MR) is 82.2 cm³/mol. The van der Waals surface area contributed by atoms with E-state index in [-0.39, 0.29) is 0 Å². The average molecular weight is 271 g/mol. The fourth-order valence-electron chi connectivity index (χ4n) is 3.89. The van der Waals surface area contributed by atoms with Crippen LogP contribution >= 0.6 is 0 Å². The lowest BCUT2D eigenvalue weighted by Gasteiger charge is -2.31. The lowest BCUT2D eigenvalue weighted by atomic mass is 9.85. The number of ketones is 1. The Morgan fingerprint density at radius 3 is 2.75 bits per heavy atom. The van der Waals surface area contributed by atoms with E-state index in [2.05, 4.69) is 24.8 Å². The van der Waals surface area contributed by atoms with Gasteiger partial charge in [-0.1, -0.05) is 25.0 Å². The molecule has 1 aromatic carbocycles. The summed E-state index contributed by atoms with van der Waals surface area (Å²) in [5, 5.41) is 0. The van der Waals surface area contributed by atoms with Gasteiger partial charge in [-0.2, -0.15) is 0 Å². The number of carbonyl (C=O) groups is 1. The first-order chi connectivity index (χ1) is 9.65. The molecule has 0 amide bonds. The van der Waals surface area contributed by atoms with E-state index in [4.69, 9.17) is 0 Å². The topological polar surface area (TPSA) is 20.3 Å². The van der Waals surface area contributed by atoms with E-state index < -0.39 is 0 Å². The number of Topliss-reactive ketones (excluding diaryl/α,β-unsaturated/α-hetero) is 1. The average Bonchev–Trinajstić information content (AvgIpc) is 2.85. The molecule has 0 bridgehead atoms. The Morgan fingerprint density at radius 2 is 1.95 bits per heavy atom. The van der Waals surface area contributed by atoms with Crippen molar-refractivity contribution in [3.05, 3.63) is 34.9 Å². The summed E-state index contributed by atoms with van der Waals surface area (Å²) in [7, 11) is 0. The van der Waals surface area contributed by atoms with Crippen LogP contribution < -0.4 is 0 Å². The molecule has 2 heteroatoms. The van der Waals surface area contributed by atoms with Crippen LogP contribution in [0, 0.1) is 19.8 Å². The molecule has 20 heavy (non-hydrogen) atoms. The maximum absolute atomic E-state index is 12.5. The highest BCUT2D eigenvalue weighted by Crippen LogP contribution is 2.36. The second kappa shape index (κ2) is 5.69. The molecule has 1 heterocycles. The van der Waals surface area contributed by atoms with Crippen LogP contribution in [0.15, 0.2) is 18.2 Å². The number of aryl methyl sites for hydroxylation is 2. The molecule has 3 rings (SSSR count). The van der Waals surface area contributed by atoms with Crippen LogP contribution in [0.5, 0.6) is 0 Å². The maximum atomic E-state index is 12.5. The first-order valence-electron chi connectivity index (χ1n) is 7.99. The summed E-state index contributed by atoms with van der Waals surface area (Å²) < 4.78 is 0. The molecule has 2 unspecified atom stereocenters. The van der Waals surface area contributed by atoms with Gasteiger partial charge in [-0.15, -0.1) is 0 Å². The molecule has 0 spiro atoms. The first-order valence-corrected chi connectivity index (χ1v) is 7.99. The van der Waals surface area contributed by atoms with Gasteiger partial charge in [0.1, 0.15) is 0 Å². The largest absolute Gasteiger partial charge is 0.293 e. The molecule has 2 fully saturated rings. The van der Waals surface area contributed by atoms with E-state index in [1.54, 1.807) is 0 Å². The Bertz CT molecular complexity index is 508. The number of hydrogen-bond donors (Lipinski definition) is 0. The van der Waals surface area contributed by atoms with Crippen LogP contribution in [-0.4, -0.2) is 29.8 Å². The summed E-state index contributed by atoms with van der Waals surface area (Å²) in [6.07, 6.45) is 6.70. The highest BCUT2D eigenvalue weighted by molar-refractivity contribution is 5.97. The molecular weight excluding hydrogens is 246 g/mol. The van der Waals surface area contributed by atoms with Crippen LogP contribution in [-0.2, 0) is 0 Å². The number of carbonyl (C=O) groups excluding carboxylic acids is 1. The second-order valence-electron chi connectivity index (χ2n) is 6.59. The fourth-order valence-corrected chi connectivity index (χ4v) is 3.89. The van der Waals surface area contributed by atoms with Gasteiger partial charge in [0.15, 0.2) is 5.78 Å². The highest BCUT2D eigenvalue weighted by Gasteiger charge is 2.36. The fraction of sp³-hybridized carbons (Fsp3) is 0.611. The van der Waals surface area contributed by atoms with Gasteiger partial charge in [0, 0.05) is 11.6 Å². The molecule has 1 aliphatic heterocycles. The van der Waals surface area contributed by atoms with Gasteiger partial charge >= 0.3 is 0 Å². The van der Waals surface area contributed by atoms with Crippen molar-refractivity contribution in [1.82, 2.24) is 4.90 Å². The van der Waals surface area contributed by atoms with Crippen molar-refractivity contribution in [3.63, 3.8) is 0 Å². The van der Waals surface area contributed by atoms with Gasteiger partial charge in [0.05, 0.1) is 6.54 Å². The van der Waals surface area contributed by atoms with Crippen LogP contribution in [0.3, 0.4) is 0 Å². The van der Waals surface area contributed by atoms with Crippen molar-refractivity contribution in [2.24, 2.45) is 5.92 Å². The molecular formula is C18H25NO. The molecule has 0 N–H and O–H groups in total. The molecule has 1 aliphatic carbocycles. The molecule has 2 atom stereocenters. The van der Waals surface area contributed by atoms with Crippen molar-refractivity contribution in [2.75, 3.05) is 13.1 Å². The van der Waals surface area contributed by atoms with Crippen molar-refractivity contribution in [1.29, 1.82) is 0 Å². The molecule has 2 nitrogen and oxygen atoms in total. The third-order valence-corrected chi connectivity index (χ3v) is 5.30. The minimum atomic E-state index is 0.291. The Kier molecular flexibility index (Phi) is 3.93. The smallest absolute Gasteiger partial charge is 0.176 e. The monoisotopic (exact) mass is 271 g/mol. The van der Waals surface area contributed by atoms with E-state index in [0.717, 1.165) is 18.0 Å². The molecule has 108 valence electrons. The lowest BCUT2D eigenvalue weighted by molar-refractivity contribution is 0.0895. The van der Waals surface area contributed by atoms with Gasteiger partial charge in [0.25, 0.3) is 0 Å². The Balaban J connectivity index is 1.68. The Morgan fingerprint density at radius 1 is 1.15 bits per heavy atom. The third kappa shape index (κ3) is 2.67. The van der Waals surface area contributed by atoms with Crippen LogP contribution in [0.4, 0.5) is 0 Å². The standard InChI is InChI=1S/C18H25NO/c1-13-7-8-16(11-14(13)2)18(20)12-19-10-9-15-5-3-4-6-17(15)19/h7-8,11,15,17H,3-6,9-10,12H2,1-2H3. The molecule has 2 aliphatic rings. The van der Waals surface area contributed by atoms with Crippen molar-refractivity contribution in [2.45, 2.75) is 52.0 Å². The lowest BCUT2D eigenvalue weighted by Crippen LogP contribution is -2.38. The number of rotatable bonds is 3. The number of likely N-dealkylation sites (tertiary alicyclic amines) is 1. The van der Waals surface area contributed by atoms with E-state index in [1.165, 1.54) is 43.2 Å². The van der Waals surface area contributed by atoms with Gasteiger partial charge in [0.2, 0.25) is 0 Å². The number of hydrogen-bond acceptors (Lipinski definition) is 2. The van der Waals surface area contributed by atoms with Gasteiger partial charge in [-0.3, -0.25) is 9.69 Å². The molecule has 0 radical (unpaired) electrons. The van der Waals surface area contributed by atoms with E-state index in [0.29, 0.717) is 18.4 Å². The van der Waals surface area contributed by atoms with Gasteiger partial charge < -0.3 is 0 Å². The number of fused-ring (bicyclic) bond motifs is 1. The van der Waals surface area contributed by atoms with Crippen molar-refractivity contribution in [3.8, 4) is 0 Å². The number of benzene rings is 1. The zero-order valence-electron chi connectivity index (χ0n) is 12.7. The highest BCUT2D eigenvalue weighted by atomic mass is 16.1. The molecule has 1 saturated heterocycles. The minimum absolute atomic E-state index is 0.291. The summed E-state index contributed by atoms with van der Waals surface area (Å²) in [6, 6.07) is 6.78. The number of nitrogens with zero attached hydrogens (tertiary/aromatic N) is 1. The summed E-state index contributed by atoms with van der Waals surface area (Å²) >= 11 is 0. The molecule has 1 saturated carbocycles. The van der Waals surface area contributed by atoms with Crippen LogP contribution in [0.2, 0.25) is 0 Å². The summed E-state index contributed by atoms with van der Waals surface area (Å²) in [5.74, 6) is 1.15. The van der Waals surface area contributed by atoms with Crippen LogP contribution in [0.25, 0.3) is 0 Å². The minimum Gasteiger partial charge on any atom is -0.293 e. The predicted octanol–water partition coefficient (Wildman–Crippen LogP) is 3.75. The molecule has 1 aromatic rings. The van der Waals surface area contributed by atoms with Gasteiger partial charge in [-0.25, -0.2) is 0 Å². The van der Waals surface area contributed by atoms with Gasteiger partial charge in [-0.05, 0) is 62.8 Å². The van der Waals surface area contributed by atoms with Crippen molar-refractivity contribution >= 4 is 5.78 Å². The zero-order valence-corrected chi connectivity index (χ0v) is 12.7. The summed E-state index contributed by atoms with van der Waals surface area (Å²) in [4.78, 5) is 14.9. The normalized spacial score (nSPS) is 26.5.